The zero-order chi connectivity index (χ0) is 17.0. The second-order valence-electron chi connectivity index (χ2n) is 6.33. The fraction of sp³-hybridized carbons (Fsp3) is 0.562. The van der Waals surface area contributed by atoms with Crippen molar-refractivity contribution < 1.29 is 13.2 Å². The van der Waals surface area contributed by atoms with Gasteiger partial charge in [-0.2, -0.15) is 0 Å². The summed E-state index contributed by atoms with van der Waals surface area (Å²) in [5, 5.41) is 2.92. The largest absolute Gasteiger partial charge is 0.348 e. The van der Waals surface area contributed by atoms with Crippen LogP contribution in [0.5, 0.6) is 0 Å². The third-order valence-electron chi connectivity index (χ3n) is 3.87. The maximum absolute atomic E-state index is 12.4. The van der Waals surface area contributed by atoms with Crippen molar-refractivity contribution in [3.8, 4) is 0 Å². The van der Waals surface area contributed by atoms with Crippen molar-refractivity contribution in [2.45, 2.75) is 32.7 Å². The van der Waals surface area contributed by atoms with E-state index in [-0.39, 0.29) is 30.1 Å². The molecule has 1 aromatic carbocycles. The van der Waals surface area contributed by atoms with Crippen LogP contribution >= 0.6 is 12.4 Å². The van der Waals surface area contributed by atoms with Gasteiger partial charge < -0.3 is 11.1 Å². The molecular weight excluding hydrogens is 350 g/mol. The normalized spacial score (nSPS) is 17.4. The number of rotatable bonds is 6. The van der Waals surface area contributed by atoms with E-state index in [0.717, 1.165) is 6.42 Å². The summed E-state index contributed by atoms with van der Waals surface area (Å²) in [7, 11) is -3.24. The molecule has 6 nitrogen and oxygen atoms in total. The van der Waals surface area contributed by atoms with Gasteiger partial charge in [0.1, 0.15) is 0 Å². The molecule has 1 aliphatic rings. The Bertz CT molecular complexity index is 664. The minimum atomic E-state index is -3.24. The monoisotopic (exact) mass is 375 g/mol. The lowest BCUT2D eigenvalue weighted by Crippen LogP contribution is -2.41. The molecule has 1 aromatic rings. The molecule has 0 radical (unpaired) electrons. The smallest absolute Gasteiger partial charge is 0.251 e. The summed E-state index contributed by atoms with van der Waals surface area (Å²) >= 11 is 0. The fourth-order valence-electron chi connectivity index (χ4n) is 2.78. The molecular formula is C16H26ClN3O3S. The number of carbonyl (C=O) groups excluding carboxylic acids is 1. The van der Waals surface area contributed by atoms with E-state index in [1.807, 2.05) is 0 Å². The maximum atomic E-state index is 12.4. The average Bonchev–Trinajstić information content (AvgIpc) is 2.85. The third-order valence-corrected chi connectivity index (χ3v) is 5.74. The molecule has 0 saturated carbocycles. The summed E-state index contributed by atoms with van der Waals surface area (Å²) in [6.07, 6.45) is 1.42. The van der Waals surface area contributed by atoms with Crippen molar-refractivity contribution >= 4 is 34.0 Å². The molecule has 0 aromatic heterocycles. The highest BCUT2D eigenvalue weighted by Gasteiger charge is 2.28. The van der Waals surface area contributed by atoms with E-state index >= 15 is 0 Å². The van der Waals surface area contributed by atoms with Gasteiger partial charge in [-0.05, 0) is 37.0 Å². The standard InChI is InChI=1S/C16H25N3O3S.ClH/c1-12(2)9-14(11-17)18-16(20)13-5-3-6-15(10-13)19-7-4-8-23(19,21)22;/h3,5-6,10,12,14H,4,7-9,11,17H2,1-2H3,(H,18,20);1H. The Morgan fingerprint density at radius 2 is 2.08 bits per heavy atom. The molecule has 0 aliphatic carbocycles. The predicted octanol–water partition coefficient (Wildman–Crippen LogP) is 1.75. The van der Waals surface area contributed by atoms with E-state index in [2.05, 4.69) is 19.2 Å². The molecule has 1 heterocycles. The number of hydrogen-bond acceptors (Lipinski definition) is 4. The van der Waals surface area contributed by atoms with Crippen LogP contribution < -0.4 is 15.4 Å². The lowest BCUT2D eigenvalue weighted by atomic mass is 10.0. The summed E-state index contributed by atoms with van der Waals surface area (Å²) < 4.78 is 25.4. The zero-order valence-corrected chi connectivity index (χ0v) is 15.7. The Morgan fingerprint density at radius 1 is 1.38 bits per heavy atom. The van der Waals surface area contributed by atoms with Gasteiger partial charge >= 0.3 is 0 Å². The summed E-state index contributed by atoms with van der Waals surface area (Å²) in [4.78, 5) is 12.4. The number of nitrogens with zero attached hydrogens (tertiary/aromatic N) is 1. The van der Waals surface area contributed by atoms with E-state index in [0.29, 0.717) is 36.7 Å². The number of nitrogens with two attached hydrogens (primary N) is 1. The van der Waals surface area contributed by atoms with Gasteiger partial charge in [-0.15, -0.1) is 12.4 Å². The van der Waals surface area contributed by atoms with Crippen LogP contribution in [0.25, 0.3) is 0 Å². The molecule has 1 atom stereocenters. The number of sulfonamides is 1. The van der Waals surface area contributed by atoms with Crippen LogP contribution in [-0.2, 0) is 10.0 Å². The van der Waals surface area contributed by atoms with Crippen LogP contribution in [0.4, 0.5) is 5.69 Å². The number of amides is 1. The molecule has 1 saturated heterocycles. The molecule has 24 heavy (non-hydrogen) atoms. The van der Waals surface area contributed by atoms with Crippen molar-refractivity contribution in [1.82, 2.24) is 5.32 Å². The van der Waals surface area contributed by atoms with E-state index < -0.39 is 10.0 Å². The number of halogens is 1. The Morgan fingerprint density at radius 3 is 2.62 bits per heavy atom. The average molecular weight is 376 g/mol. The fourth-order valence-corrected chi connectivity index (χ4v) is 4.34. The molecule has 1 unspecified atom stereocenters. The first-order valence-electron chi connectivity index (χ1n) is 7.95. The Hall–Kier alpha value is -1.31. The van der Waals surface area contributed by atoms with Crippen molar-refractivity contribution in [2.75, 3.05) is 23.1 Å². The van der Waals surface area contributed by atoms with Crippen LogP contribution in [0.15, 0.2) is 24.3 Å². The quantitative estimate of drug-likeness (QED) is 0.792. The summed E-state index contributed by atoms with van der Waals surface area (Å²) in [5.41, 5.74) is 6.71. The Kier molecular flexibility index (Phi) is 7.51. The minimum absolute atomic E-state index is 0. The zero-order valence-electron chi connectivity index (χ0n) is 14.1. The molecule has 0 bridgehead atoms. The maximum Gasteiger partial charge on any atom is 0.251 e. The molecule has 8 heteroatoms. The first kappa shape index (κ1) is 20.7. The Labute approximate surface area is 150 Å². The predicted molar refractivity (Wildman–Crippen MR) is 99.2 cm³/mol. The van der Waals surface area contributed by atoms with Crippen molar-refractivity contribution in [3.63, 3.8) is 0 Å². The molecule has 1 fully saturated rings. The number of benzene rings is 1. The van der Waals surface area contributed by atoms with Crippen molar-refractivity contribution in [1.29, 1.82) is 0 Å². The van der Waals surface area contributed by atoms with Crippen LogP contribution in [-0.4, -0.2) is 39.2 Å². The molecule has 2 rings (SSSR count). The van der Waals surface area contributed by atoms with Crippen molar-refractivity contribution in [3.05, 3.63) is 29.8 Å². The van der Waals surface area contributed by atoms with Gasteiger partial charge in [0.25, 0.3) is 5.91 Å². The third kappa shape index (κ3) is 5.09. The van der Waals surface area contributed by atoms with Gasteiger partial charge in [-0.25, -0.2) is 8.42 Å². The van der Waals surface area contributed by atoms with Crippen LogP contribution in [0.2, 0.25) is 0 Å². The van der Waals surface area contributed by atoms with E-state index in [9.17, 15) is 13.2 Å². The molecule has 3 N–H and O–H groups in total. The van der Waals surface area contributed by atoms with Gasteiger partial charge in [-0.1, -0.05) is 19.9 Å². The lowest BCUT2D eigenvalue weighted by Gasteiger charge is -2.20. The topological polar surface area (TPSA) is 92.5 Å². The van der Waals surface area contributed by atoms with Gasteiger partial charge in [0.2, 0.25) is 10.0 Å². The number of anilines is 1. The second kappa shape index (κ2) is 8.69. The van der Waals surface area contributed by atoms with Crippen LogP contribution in [0.3, 0.4) is 0 Å². The molecule has 1 amide bonds. The van der Waals surface area contributed by atoms with Gasteiger partial charge in [0, 0.05) is 24.7 Å². The summed E-state index contributed by atoms with van der Waals surface area (Å²) in [5.74, 6) is 0.372. The number of nitrogens with one attached hydrogen (secondary N) is 1. The molecule has 1 aliphatic heterocycles. The highest BCUT2D eigenvalue weighted by Crippen LogP contribution is 2.24. The minimum Gasteiger partial charge on any atom is -0.348 e. The summed E-state index contributed by atoms with van der Waals surface area (Å²) in [6, 6.07) is 6.65. The second-order valence-corrected chi connectivity index (χ2v) is 8.34. The van der Waals surface area contributed by atoms with E-state index in [4.69, 9.17) is 5.73 Å². The number of hydrogen-bond donors (Lipinski definition) is 2. The first-order chi connectivity index (χ1) is 10.8. The van der Waals surface area contributed by atoms with E-state index in [1.165, 1.54) is 4.31 Å². The lowest BCUT2D eigenvalue weighted by molar-refractivity contribution is 0.0933. The molecule has 136 valence electrons. The summed E-state index contributed by atoms with van der Waals surface area (Å²) in [6.45, 7) is 5.00. The van der Waals surface area contributed by atoms with Gasteiger partial charge in [0.15, 0.2) is 0 Å². The SMILES string of the molecule is CC(C)CC(CN)NC(=O)c1cccc(N2CCCS2(=O)=O)c1.Cl. The van der Waals surface area contributed by atoms with Crippen LogP contribution in [0.1, 0.15) is 37.0 Å². The molecule has 0 spiro atoms. The highest BCUT2D eigenvalue weighted by atomic mass is 35.5. The van der Waals surface area contributed by atoms with Crippen LogP contribution in [0, 0.1) is 5.92 Å². The highest BCUT2D eigenvalue weighted by molar-refractivity contribution is 7.93. The number of carbonyl (C=O) groups is 1. The van der Waals surface area contributed by atoms with Gasteiger partial charge in [0.05, 0.1) is 11.4 Å². The van der Waals surface area contributed by atoms with E-state index in [1.54, 1.807) is 24.3 Å². The first-order valence-corrected chi connectivity index (χ1v) is 9.56. The Balaban J connectivity index is 0.00000288. The van der Waals surface area contributed by atoms with Gasteiger partial charge in [-0.3, -0.25) is 9.10 Å². The van der Waals surface area contributed by atoms with Crippen molar-refractivity contribution in [2.24, 2.45) is 11.7 Å².